The maximum atomic E-state index is 13.2. The number of carbonyl (C=O) groups is 2. The Morgan fingerprint density at radius 3 is 2.28 bits per heavy atom. The van der Waals surface area contributed by atoms with Gasteiger partial charge in [0.25, 0.3) is 15.9 Å². The van der Waals surface area contributed by atoms with E-state index >= 15 is 0 Å². The monoisotopic (exact) mass is 460 g/mol. The van der Waals surface area contributed by atoms with Gasteiger partial charge in [0.05, 0.1) is 35.9 Å². The molecule has 1 amide bonds. The number of hydrogen-bond acceptors (Lipinski definition) is 6. The minimum Gasteiger partial charge on any atom is -0.496 e. The minimum atomic E-state index is -4.03. The molecule has 32 heavy (non-hydrogen) atoms. The van der Waals surface area contributed by atoms with Crippen molar-refractivity contribution in [2.24, 2.45) is 0 Å². The molecule has 0 saturated carbocycles. The normalized spacial score (nSPS) is 14.4. The van der Waals surface area contributed by atoms with Crippen LogP contribution in [0, 0.1) is 6.92 Å². The van der Waals surface area contributed by atoms with Gasteiger partial charge in [0, 0.05) is 13.1 Å². The molecule has 0 unspecified atom stereocenters. The lowest BCUT2D eigenvalue weighted by atomic mass is 10.1. The van der Waals surface area contributed by atoms with E-state index in [9.17, 15) is 18.0 Å². The van der Waals surface area contributed by atoms with Crippen molar-refractivity contribution in [3.05, 3.63) is 53.1 Å². The van der Waals surface area contributed by atoms with Gasteiger partial charge in [-0.3, -0.25) is 9.52 Å². The van der Waals surface area contributed by atoms with Crippen LogP contribution in [0.1, 0.15) is 52.0 Å². The number of amides is 1. The van der Waals surface area contributed by atoms with Gasteiger partial charge in [-0.25, -0.2) is 13.2 Å². The summed E-state index contributed by atoms with van der Waals surface area (Å²) in [6.07, 6.45) is 3.99. The summed E-state index contributed by atoms with van der Waals surface area (Å²) in [6.45, 7) is 2.99. The van der Waals surface area contributed by atoms with Gasteiger partial charge >= 0.3 is 5.97 Å². The summed E-state index contributed by atoms with van der Waals surface area (Å²) in [7, 11) is -1.33. The Labute approximate surface area is 188 Å². The molecule has 0 spiro atoms. The van der Waals surface area contributed by atoms with Crippen LogP contribution in [-0.4, -0.2) is 52.5 Å². The number of carbonyl (C=O) groups excluding carboxylic acids is 2. The van der Waals surface area contributed by atoms with Gasteiger partial charge < -0.3 is 14.4 Å². The molecule has 2 aromatic rings. The third kappa shape index (κ3) is 5.21. The molecule has 0 aliphatic carbocycles. The molecule has 1 aliphatic rings. The summed E-state index contributed by atoms with van der Waals surface area (Å²) in [5, 5.41) is 0. The van der Waals surface area contributed by atoms with E-state index in [1.807, 2.05) is 0 Å². The largest absolute Gasteiger partial charge is 0.496 e. The molecule has 1 saturated heterocycles. The minimum absolute atomic E-state index is 0.0701. The molecule has 1 heterocycles. The highest BCUT2D eigenvalue weighted by Crippen LogP contribution is 2.27. The number of rotatable bonds is 6. The first-order chi connectivity index (χ1) is 15.3. The quantitative estimate of drug-likeness (QED) is 0.661. The van der Waals surface area contributed by atoms with E-state index in [1.54, 1.807) is 24.0 Å². The number of benzene rings is 2. The van der Waals surface area contributed by atoms with Crippen LogP contribution in [0.5, 0.6) is 5.75 Å². The number of nitrogens with zero attached hydrogens (tertiary/aromatic N) is 1. The Morgan fingerprint density at radius 1 is 0.969 bits per heavy atom. The molecule has 1 aliphatic heterocycles. The Morgan fingerprint density at radius 2 is 1.66 bits per heavy atom. The zero-order chi connectivity index (χ0) is 23.3. The Kier molecular flexibility index (Phi) is 7.40. The second kappa shape index (κ2) is 10.0. The topological polar surface area (TPSA) is 102 Å². The van der Waals surface area contributed by atoms with E-state index in [-0.39, 0.29) is 27.6 Å². The standard InChI is InChI=1S/C23H28N2O6S/c1-16-8-9-17(23(27)31-3)14-20(16)24-32(28,29)18-10-11-21(30-2)19(15-18)22(26)25-12-6-4-5-7-13-25/h8-11,14-15,24H,4-7,12-13H2,1-3H3. The summed E-state index contributed by atoms with van der Waals surface area (Å²) in [4.78, 5) is 26.7. The van der Waals surface area contributed by atoms with Gasteiger partial charge in [-0.1, -0.05) is 18.9 Å². The smallest absolute Gasteiger partial charge is 0.337 e. The fraction of sp³-hybridized carbons (Fsp3) is 0.391. The maximum Gasteiger partial charge on any atom is 0.337 e. The molecule has 0 bridgehead atoms. The molecule has 172 valence electrons. The number of anilines is 1. The van der Waals surface area contributed by atoms with Crippen LogP contribution in [0.2, 0.25) is 0 Å². The van der Waals surface area contributed by atoms with Gasteiger partial charge in [0.2, 0.25) is 0 Å². The van der Waals surface area contributed by atoms with Gasteiger partial charge in [-0.15, -0.1) is 0 Å². The van der Waals surface area contributed by atoms with Crippen LogP contribution in [0.25, 0.3) is 0 Å². The van der Waals surface area contributed by atoms with Crippen LogP contribution >= 0.6 is 0 Å². The van der Waals surface area contributed by atoms with Crippen molar-refractivity contribution in [1.29, 1.82) is 0 Å². The fourth-order valence-corrected chi connectivity index (χ4v) is 4.79. The van der Waals surface area contributed by atoms with E-state index in [2.05, 4.69) is 4.72 Å². The van der Waals surface area contributed by atoms with Crippen molar-refractivity contribution in [1.82, 2.24) is 4.90 Å². The second-order valence-corrected chi connectivity index (χ2v) is 9.38. The number of hydrogen-bond donors (Lipinski definition) is 1. The molecule has 0 radical (unpaired) electrons. The van der Waals surface area contributed by atoms with Gasteiger partial charge in [-0.2, -0.15) is 0 Å². The van der Waals surface area contributed by atoms with Crippen molar-refractivity contribution >= 4 is 27.6 Å². The predicted molar refractivity (Wildman–Crippen MR) is 121 cm³/mol. The molecule has 8 nitrogen and oxygen atoms in total. The Hall–Kier alpha value is -3.07. The number of esters is 1. The maximum absolute atomic E-state index is 13.2. The first-order valence-electron chi connectivity index (χ1n) is 10.5. The molecule has 1 N–H and O–H groups in total. The van der Waals surface area contributed by atoms with Crippen molar-refractivity contribution in [2.45, 2.75) is 37.5 Å². The Balaban J connectivity index is 1.94. The fourth-order valence-electron chi connectivity index (χ4n) is 3.65. The van der Waals surface area contributed by atoms with Crippen LogP contribution in [0.15, 0.2) is 41.3 Å². The van der Waals surface area contributed by atoms with Crippen LogP contribution in [-0.2, 0) is 14.8 Å². The molecular formula is C23H28N2O6S. The highest BCUT2D eigenvalue weighted by Gasteiger charge is 2.24. The molecule has 1 fully saturated rings. The average molecular weight is 461 g/mol. The lowest BCUT2D eigenvalue weighted by molar-refractivity contribution is 0.0600. The number of aryl methyl sites for hydroxylation is 1. The van der Waals surface area contributed by atoms with E-state index in [0.717, 1.165) is 25.7 Å². The highest BCUT2D eigenvalue weighted by atomic mass is 32.2. The number of ether oxygens (including phenoxy) is 2. The Bertz CT molecular complexity index is 1110. The third-order valence-corrected chi connectivity index (χ3v) is 6.87. The van der Waals surface area contributed by atoms with Crippen LogP contribution in [0.4, 0.5) is 5.69 Å². The highest BCUT2D eigenvalue weighted by molar-refractivity contribution is 7.92. The molecule has 3 rings (SSSR count). The zero-order valence-electron chi connectivity index (χ0n) is 18.5. The van der Waals surface area contributed by atoms with Crippen molar-refractivity contribution < 1.29 is 27.5 Å². The summed E-state index contributed by atoms with van der Waals surface area (Å²) >= 11 is 0. The van der Waals surface area contributed by atoms with Crippen molar-refractivity contribution in [3.8, 4) is 5.75 Å². The average Bonchev–Trinajstić information content (AvgIpc) is 3.08. The summed E-state index contributed by atoms with van der Waals surface area (Å²) in [5.41, 5.74) is 1.32. The van der Waals surface area contributed by atoms with Crippen LogP contribution < -0.4 is 9.46 Å². The summed E-state index contributed by atoms with van der Waals surface area (Å²) in [5.74, 6) is -0.494. The zero-order valence-corrected chi connectivity index (χ0v) is 19.3. The molecule has 0 aromatic heterocycles. The third-order valence-electron chi connectivity index (χ3n) is 5.51. The van der Waals surface area contributed by atoms with Gasteiger partial charge in [0.1, 0.15) is 5.75 Å². The molecule has 0 atom stereocenters. The SMILES string of the molecule is COC(=O)c1ccc(C)c(NS(=O)(=O)c2ccc(OC)c(C(=O)N3CCCCCC3)c2)c1. The lowest BCUT2D eigenvalue weighted by Crippen LogP contribution is -2.32. The number of likely N-dealkylation sites (tertiary alicyclic amines) is 1. The number of sulfonamides is 1. The molecule has 2 aromatic carbocycles. The second-order valence-electron chi connectivity index (χ2n) is 7.70. The van der Waals surface area contributed by atoms with E-state index < -0.39 is 16.0 Å². The number of nitrogens with one attached hydrogen (secondary N) is 1. The first kappa shape index (κ1) is 23.6. The molecule has 9 heteroatoms. The summed E-state index contributed by atoms with van der Waals surface area (Å²) in [6, 6.07) is 8.83. The lowest BCUT2D eigenvalue weighted by Gasteiger charge is -2.22. The number of methoxy groups -OCH3 is 2. The predicted octanol–water partition coefficient (Wildman–Crippen LogP) is 3.61. The van der Waals surface area contributed by atoms with E-state index in [1.165, 1.54) is 38.5 Å². The van der Waals surface area contributed by atoms with Gasteiger partial charge in [-0.05, 0) is 55.7 Å². The summed E-state index contributed by atoms with van der Waals surface area (Å²) < 4.78 is 38.8. The van der Waals surface area contributed by atoms with E-state index in [4.69, 9.17) is 9.47 Å². The first-order valence-corrected chi connectivity index (χ1v) is 11.9. The van der Waals surface area contributed by atoms with Crippen molar-refractivity contribution in [3.63, 3.8) is 0 Å². The van der Waals surface area contributed by atoms with Crippen molar-refractivity contribution in [2.75, 3.05) is 32.0 Å². The van der Waals surface area contributed by atoms with Gasteiger partial charge in [0.15, 0.2) is 0 Å². The van der Waals surface area contributed by atoms with E-state index in [0.29, 0.717) is 24.4 Å². The van der Waals surface area contributed by atoms with Crippen LogP contribution in [0.3, 0.4) is 0 Å². The molecular weight excluding hydrogens is 432 g/mol.